The van der Waals surface area contributed by atoms with E-state index in [1.807, 2.05) is 6.92 Å². The number of alkyl halides is 2. The first-order valence-corrected chi connectivity index (χ1v) is 6.26. The Labute approximate surface area is 113 Å². The Bertz CT molecular complexity index is 759. The summed E-state index contributed by atoms with van der Waals surface area (Å²) in [6, 6.07) is 1.66. The monoisotopic (exact) mass is 277 g/mol. The van der Waals surface area contributed by atoms with Crippen LogP contribution in [0, 0.1) is 6.92 Å². The lowest BCUT2D eigenvalue weighted by Gasteiger charge is -2.10. The number of aromatic amines is 1. The van der Waals surface area contributed by atoms with E-state index in [4.69, 9.17) is 0 Å². The van der Waals surface area contributed by atoms with Gasteiger partial charge in [-0.2, -0.15) is 10.2 Å². The van der Waals surface area contributed by atoms with Crippen LogP contribution in [0.3, 0.4) is 0 Å². The molecule has 20 heavy (non-hydrogen) atoms. The zero-order valence-corrected chi connectivity index (χ0v) is 11.1. The number of hydrogen-bond donors (Lipinski definition) is 1. The molecule has 0 saturated heterocycles. The molecule has 0 fully saturated rings. The van der Waals surface area contributed by atoms with E-state index in [1.54, 1.807) is 30.2 Å². The number of hydrogen-bond acceptors (Lipinski definition) is 3. The van der Waals surface area contributed by atoms with Crippen molar-refractivity contribution in [2.24, 2.45) is 0 Å². The van der Waals surface area contributed by atoms with Crippen LogP contribution in [-0.2, 0) is 6.54 Å². The van der Waals surface area contributed by atoms with Crippen molar-refractivity contribution in [3.8, 4) is 11.4 Å². The molecule has 2 aromatic heterocycles. The summed E-state index contributed by atoms with van der Waals surface area (Å²) in [4.78, 5) is 4.12. The summed E-state index contributed by atoms with van der Waals surface area (Å²) in [5, 5.41) is 11.6. The molecule has 0 saturated carbocycles. The summed E-state index contributed by atoms with van der Waals surface area (Å²) in [7, 11) is 0. The molecule has 2 heterocycles. The maximum Gasteiger partial charge on any atom is 0.264 e. The smallest absolute Gasteiger partial charge is 0.264 e. The lowest BCUT2D eigenvalue weighted by Crippen LogP contribution is -1.99. The molecule has 0 amide bonds. The molecule has 0 atom stereocenters. The van der Waals surface area contributed by atoms with Crippen molar-refractivity contribution in [1.29, 1.82) is 0 Å². The van der Waals surface area contributed by atoms with Crippen molar-refractivity contribution in [1.82, 2.24) is 25.0 Å². The van der Waals surface area contributed by atoms with E-state index in [9.17, 15) is 8.78 Å². The number of H-pyrrole nitrogens is 1. The van der Waals surface area contributed by atoms with E-state index in [0.717, 1.165) is 5.39 Å². The average Bonchev–Trinajstić information content (AvgIpc) is 3.06. The van der Waals surface area contributed by atoms with Gasteiger partial charge >= 0.3 is 0 Å². The van der Waals surface area contributed by atoms with Crippen LogP contribution in [0.1, 0.15) is 24.5 Å². The minimum absolute atomic E-state index is 0.0457. The quantitative estimate of drug-likeness (QED) is 0.800. The molecule has 5 nitrogen and oxygen atoms in total. The van der Waals surface area contributed by atoms with E-state index in [2.05, 4.69) is 20.3 Å². The first kappa shape index (κ1) is 12.7. The predicted octanol–water partition coefficient (Wildman–Crippen LogP) is 3.09. The third-order valence-corrected chi connectivity index (χ3v) is 3.36. The number of aryl methyl sites for hydroxylation is 2. The Morgan fingerprint density at radius 1 is 1.40 bits per heavy atom. The Morgan fingerprint density at radius 3 is 2.85 bits per heavy atom. The fraction of sp³-hybridized carbons (Fsp3) is 0.308. The normalized spacial score (nSPS) is 11.7. The first-order valence-electron chi connectivity index (χ1n) is 6.26. The molecule has 0 bridgehead atoms. The molecular weight excluding hydrogens is 264 g/mol. The molecular formula is C13H13F2N5. The zero-order valence-electron chi connectivity index (χ0n) is 11.1. The Balaban J connectivity index is 2.29. The summed E-state index contributed by atoms with van der Waals surface area (Å²) in [5.74, 6) is 0.313. The lowest BCUT2D eigenvalue weighted by molar-refractivity contribution is 0.151. The topological polar surface area (TPSA) is 59.4 Å². The summed E-state index contributed by atoms with van der Waals surface area (Å²) in [5.41, 5.74) is 1.42. The molecule has 1 N–H and O–H groups in total. The first-order chi connectivity index (χ1) is 9.61. The number of halogens is 2. The summed E-state index contributed by atoms with van der Waals surface area (Å²) >= 11 is 0. The third-order valence-electron chi connectivity index (χ3n) is 3.36. The molecule has 0 unspecified atom stereocenters. The number of aromatic nitrogens is 5. The molecule has 0 spiro atoms. The van der Waals surface area contributed by atoms with E-state index in [0.29, 0.717) is 29.0 Å². The van der Waals surface area contributed by atoms with Crippen LogP contribution in [0.15, 0.2) is 18.6 Å². The maximum atomic E-state index is 13.4. The number of benzene rings is 1. The summed E-state index contributed by atoms with van der Waals surface area (Å²) < 4.78 is 28.4. The maximum absolute atomic E-state index is 13.4. The van der Waals surface area contributed by atoms with Crippen molar-refractivity contribution < 1.29 is 8.78 Å². The Kier molecular flexibility index (Phi) is 2.96. The highest BCUT2D eigenvalue weighted by Gasteiger charge is 2.22. The molecule has 3 rings (SSSR count). The van der Waals surface area contributed by atoms with Gasteiger partial charge in [0.15, 0.2) is 5.82 Å². The van der Waals surface area contributed by atoms with Crippen LogP contribution in [0.25, 0.3) is 22.3 Å². The fourth-order valence-electron chi connectivity index (χ4n) is 2.31. The van der Waals surface area contributed by atoms with Crippen molar-refractivity contribution >= 4 is 10.9 Å². The molecule has 0 radical (unpaired) electrons. The van der Waals surface area contributed by atoms with Gasteiger partial charge in [0.1, 0.15) is 6.33 Å². The second-order valence-electron chi connectivity index (χ2n) is 4.52. The van der Waals surface area contributed by atoms with Gasteiger partial charge in [0, 0.05) is 23.1 Å². The lowest BCUT2D eigenvalue weighted by atomic mass is 9.98. The van der Waals surface area contributed by atoms with Crippen LogP contribution < -0.4 is 0 Å². The molecule has 3 aromatic rings. The van der Waals surface area contributed by atoms with Gasteiger partial charge in [-0.3, -0.25) is 9.78 Å². The van der Waals surface area contributed by atoms with Crippen LogP contribution in [-0.4, -0.2) is 25.0 Å². The number of nitrogens with one attached hydrogen (secondary N) is 1. The van der Waals surface area contributed by atoms with Crippen molar-refractivity contribution in [2.75, 3.05) is 0 Å². The number of nitrogens with zero attached hydrogens (tertiary/aromatic N) is 4. The van der Waals surface area contributed by atoms with E-state index in [1.165, 1.54) is 0 Å². The fourth-order valence-corrected chi connectivity index (χ4v) is 2.31. The zero-order chi connectivity index (χ0) is 14.3. The van der Waals surface area contributed by atoms with Crippen LogP contribution in [0.2, 0.25) is 0 Å². The molecule has 0 aliphatic heterocycles. The Hall–Kier alpha value is -2.31. The third kappa shape index (κ3) is 1.86. The van der Waals surface area contributed by atoms with Gasteiger partial charge in [-0.25, -0.2) is 13.8 Å². The summed E-state index contributed by atoms with van der Waals surface area (Å²) in [6.07, 6.45) is 0.559. The molecule has 104 valence electrons. The predicted molar refractivity (Wildman–Crippen MR) is 70.5 cm³/mol. The van der Waals surface area contributed by atoms with Gasteiger partial charge in [-0.05, 0) is 25.5 Å². The van der Waals surface area contributed by atoms with Crippen molar-refractivity contribution in [2.45, 2.75) is 26.8 Å². The molecule has 1 aromatic carbocycles. The van der Waals surface area contributed by atoms with Gasteiger partial charge in [-0.1, -0.05) is 0 Å². The molecule has 0 aliphatic carbocycles. The van der Waals surface area contributed by atoms with Gasteiger partial charge in [0.05, 0.1) is 11.7 Å². The highest BCUT2D eigenvalue weighted by molar-refractivity contribution is 5.88. The second-order valence-corrected chi connectivity index (χ2v) is 4.52. The van der Waals surface area contributed by atoms with Crippen LogP contribution in [0.4, 0.5) is 8.78 Å². The largest absolute Gasteiger partial charge is 0.278 e. The highest BCUT2D eigenvalue weighted by atomic mass is 19.3. The van der Waals surface area contributed by atoms with Crippen LogP contribution >= 0.6 is 0 Å². The van der Waals surface area contributed by atoms with Gasteiger partial charge in [0.2, 0.25) is 0 Å². The molecule has 0 aliphatic rings. The van der Waals surface area contributed by atoms with Crippen molar-refractivity contribution in [3.05, 3.63) is 29.7 Å². The van der Waals surface area contributed by atoms with Gasteiger partial charge in [0.25, 0.3) is 6.43 Å². The standard InChI is InChI=1S/C13H13F2N5/c1-3-20-6-16-13(19-20)9-4-8-5-17-18-11(8)7(2)10(9)12(14)15/h4-6,12H,3H2,1-2H3,(H,17,18). The van der Waals surface area contributed by atoms with E-state index in [-0.39, 0.29) is 5.56 Å². The van der Waals surface area contributed by atoms with E-state index < -0.39 is 6.43 Å². The van der Waals surface area contributed by atoms with Crippen LogP contribution in [0.5, 0.6) is 0 Å². The highest BCUT2D eigenvalue weighted by Crippen LogP contribution is 2.36. The minimum Gasteiger partial charge on any atom is -0.278 e. The van der Waals surface area contributed by atoms with Gasteiger partial charge < -0.3 is 0 Å². The summed E-state index contributed by atoms with van der Waals surface area (Å²) in [6.45, 7) is 4.21. The average molecular weight is 277 g/mol. The Morgan fingerprint density at radius 2 is 2.20 bits per heavy atom. The SMILES string of the molecule is CCn1cnc(-c2cc3cn[nH]c3c(C)c2C(F)F)n1. The van der Waals surface area contributed by atoms with Crippen molar-refractivity contribution in [3.63, 3.8) is 0 Å². The van der Waals surface area contributed by atoms with Gasteiger partial charge in [-0.15, -0.1) is 0 Å². The van der Waals surface area contributed by atoms with E-state index >= 15 is 0 Å². The molecule has 7 heteroatoms. The second kappa shape index (κ2) is 4.66. The number of fused-ring (bicyclic) bond motifs is 1. The number of rotatable bonds is 3. The minimum atomic E-state index is -2.59.